The normalized spacial score (nSPS) is 17.6. The lowest BCUT2D eigenvalue weighted by molar-refractivity contribution is -0.123. The number of hydrogen-bond acceptors (Lipinski definition) is 7. The van der Waals surface area contributed by atoms with E-state index in [0.29, 0.717) is 52.4 Å². The maximum atomic E-state index is 13.9. The number of thioether (sulfide) groups is 1. The van der Waals surface area contributed by atoms with E-state index in [4.69, 9.17) is 17.2 Å². The lowest BCUT2D eigenvalue weighted by atomic mass is 10.1. The van der Waals surface area contributed by atoms with Gasteiger partial charge in [-0.05, 0) is 61.4 Å². The Hall–Kier alpha value is -4.02. The van der Waals surface area contributed by atoms with Crippen LogP contribution in [0.2, 0.25) is 0 Å². The molecule has 6 rings (SSSR count). The highest BCUT2D eigenvalue weighted by Gasteiger charge is 2.36. The van der Waals surface area contributed by atoms with Crippen LogP contribution >= 0.6 is 24.0 Å². The van der Waals surface area contributed by atoms with Crippen LogP contribution in [0.3, 0.4) is 0 Å². The first kappa shape index (κ1) is 27.2. The quantitative estimate of drug-likeness (QED) is 0.229. The molecule has 1 amide bonds. The number of carbonyl (C=O) groups excluding carboxylic acids is 1. The predicted molar refractivity (Wildman–Crippen MR) is 167 cm³/mol. The molecule has 1 unspecified atom stereocenters. The van der Waals surface area contributed by atoms with Gasteiger partial charge in [-0.3, -0.25) is 18.9 Å². The molecule has 2 saturated heterocycles. The van der Waals surface area contributed by atoms with Gasteiger partial charge in [0.2, 0.25) is 0 Å². The second-order valence-electron chi connectivity index (χ2n) is 10.1. The Balaban J connectivity index is 1.37. The molecule has 2 aromatic carbocycles. The Morgan fingerprint density at radius 1 is 0.951 bits per heavy atom. The molecule has 0 radical (unpaired) electrons. The van der Waals surface area contributed by atoms with Crippen molar-refractivity contribution in [3.05, 3.63) is 111 Å². The van der Waals surface area contributed by atoms with Gasteiger partial charge in [-0.15, -0.1) is 0 Å². The average molecular weight is 586 g/mol. The van der Waals surface area contributed by atoms with E-state index in [2.05, 4.69) is 9.80 Å². The average Bonchev–Trinajstić information content (AvgIpc) is 3.27. The van der Waals surface area contributed by atoms with Crippen molar-refractivity contribution in [3.8, 4) is 0 Å². The molecule has 2 aliphatic heterocycles. The summed E-state index contributed by atoms with van der Waals surface area (Å²) in [5, 5.41) is 0. The molecule has 0 bridgehead atoms. The zero-order chi connectivity index (χ0) is 28.7. The summed E-state index contributed by atoms with van der Waals surface area (Å²) in [6.45, 7) is 6.45. The number of rotatable bonds is 5. The molecule has 2 fully saturated rings. The first-order valence-electron chi connectivity index (χ1n) is 13.4. The fourth-order valence-electron chi connectivity index (χ4n) is 5.32. The highest BCUT2D eigenvalue weighted by molar-refractivity contribution is 8.26. The van der Waals surface area contributed by atoms with Crippen LogP contribution in [-0.2, 0) is 4.79 Å². The topological polar surface area (TPSA) is 61.2 Å². The van der Waals surface area contributed by atoms with E-state index in [1.54, 1.807) is 29.3 Å². The summed E-state index contributed by atoms with van der Waals surface area (Å²) in [5.41, 5.74) is 3.51. The molecular weight excluding hydrogens is 558 g/mol. The maximum Gasteiger partial charge on any atom is 0.267 e. The van der Waals surface area contributed by atoms with Gasteiger partial charge in [0.25, 0.3) is 11.5 Å². The van der Waals surface area contributed by atoms with E-state index in [1.807, 2.05) is 56.3 Å². The summed E-state index contributed by atoms with van der Waals surface area (Å²) in [4.78, 5) is 38.8. The van der Waals surface area contributed by atoms with Crippen LogP contribution in [0.4, 0.5) is 15.9 Å². The number of anilines is 2. The third-order valence-corrected chi connectivity index (χ3v) is 8.93. The Morgan fingerprint density at radius 2 is 1.63 bits per heavy atom. The Kier molecular flexibility index (Phi) is 7.35. The lowest BCUT2D eigenvalue weighted by Gasteiger charge is -2.37. The first-order valence-corrected chi connectivity index (χ1v) is 14.6. The standard InChI is InChI=1S/C31H28FN5O2S2/c1-20-7-6-14-36-27(20)33-28(35-17-15-34(16-18-35)24-12-10-23(32)11-13-24)25(29(36)38)19-26-30(39)37(31(40)41-26)21(2)22-8-4-3-5-9-22/h3-14,19,21H,15-18H2,1-2H3/b26-19+. The van der Waals surface area contributed by atoms with Gasteiger partial charge in [0.15, 0.2) is 0 Å². The van der Waals surface area contributed by atoms with Crippen molar-refractivity contribution in [2.75, 3.05) is 36.0 Å². The smallest absolute Gasteiger partial charge is 0.267 e. The Bertz CT molecular complexity index is 1730. The molecule has 2 aliphatic rings. The number of aromatic nitrogens is 2. The molecular formula is C31H28FN5O2S2. The van der Waals surface area contributed by atoms with Crippen LogP contribution in [0.25, 0.3) is 11.7 Å². The fourth-order valence-corrected chi connectivity index (χ4v) is 6.72. The van der Waals surface area contributed by atoms with E-state index < -0.39 is 0 Å². The highest BCUT2D eigenvalue weighted by Crippen LogP contribution is 2.38. The molecule has 10 heteroatoms. The first-order chi connectivity index (χ1) is 19.8. The minimum Gasteiger partial charge on any atom is -0.368 e. The summed E-state index contributed by atoms with van der Waals surface area (Å²) < 4.78 is 15.4. The van der Waals surface area contributed by atoms with Crippen molar-refractivity contribution in [2.24, 2.45) is 0 Å². The third-order valence-electron chi connectivity index (χ3n) is 7.60. The molecule has 0 spiro atoms. The molecule has 0 saturated carbocycles. The second kappa shape index (κ2) is 11.1. The molecule has 4 aromatic rings. The SMILES string of the molecule is Cc1cccn2c(=O)c(/C=C3/SC(=S)N(C(C)c4ccccc4)C3=O)c(N3CCN(c4ccc(F)cc4)CC3)nc12. The van der Waals surface area contributed by atoms with Gasteiger partial charge in [0, 0.05) is 38.1 Å². The van der Waals surface area contributed by atoms with Gasteiger partial charge in [-0.25, -0.2) is 9.37 Å². The zero-order valence-corrected chi connectivity index (χ0v) is 24.3. The summed E-state index contributed by atoms with van der Waals surface area (Å²) in [6.07, 6.45) is 3.36. The van der Waals surface area contributed by atoms with Crippen molar-refractivity contribution >= 4 is 57.4 Å². The summed E-state index contributed by atoms with van der Waals surface area (Å²) in [6, 6.07) is 19.7. The van der Waals surface area contributed by atoms with E-state index >= 15 is 0 Å². The monoisotopic (exact) mass is 585 g/mol. The van der Waals surface area contributed by atoms with Crippen LogP contribution in [0, 0.1) is 12.7 Å². The summed E-state index contributed by atoms with van der Waals surface area (Å²) in [5.74, 6) is 0.0541. The van der Waals surface area contributed by atoms with E-state index in [0.717, 1.165) is 16.8 Å². The van der Waals surface area contributed by atoms with Crippen molar-refractivity contribution in [3.63, 3.8) is 0 Å². The molecule has 1 atom stereocenters. The molecule has 0 N–H and O–H groups in total. The van der Waals surface area contributed by atoms with Gasteiger partial charge in [0.05, 0.1) is 16.5 Å². The Labute approximate surface area is 246 Å². The zero-order valence-electron chi connectivity index (χ0n) is 22.7. The van der Waals surface area contributed by atoms with Crippen LogP contribution in [0.1, 0.15) is 29.7 Å². The summed E-state index contributed by atoms with van der Waals surface area (Å²) in [7, 11) is 0. The van der Waals surface area contributed by atoms with E-state index in [-0.39, 0.29) is 23.3 Å². The van der Waals surface area contributed by atoms with Crippen LogP contribution in [-0.4, -0.2) is 50.7 Å². The fraction of sp³-hybridized carbons (Fsp3) is 0.226. The second-order valence-corrected chi connectivity index (χ2v) is 11.8. The van der Waals surface area contributed by atoms with Gasteiger partial charge < -0.3 is 9.80 Å². The minimum atomic E-state index is -0.267. The van der Waals surface area contributed by atoms with E-state index in [9.17, 15) is 14.0 Å². The molecule has 2 aromatic heterocycles. The molecule has 4 heterocycles. The van der Waals surface area contributed by atoms with Crippen LogP contribution < -0.4 is 15.4 Å². The number of aryl methyl sites for hydroxylation is 1. The number of fused-ring (bicyclic) bond motifs is 1. The summed E-state index contributed by atoms with van der Waals surface area (Å²) >= 11 is 6.83. The van der Waals surface area contributed by atoms with Gasteiger partial charge >= 0.3 is 0 Å². The number of nitrogens with zero attached hydrogens (tertiary/aromatic N) is 5. The number of amides is 1. The number of pyridine rings is 1. The highest BCUT2D eigenvalue weighted by atomic mass is 32.2. The number of carbonyl (C=O) groups is 1. The number of halogens is 1. The number of piperazine rings is 1. The predicted octanol–water partition coefficient (Wildman–Crippen LogP) is 5.43. The lowest BCUT2D eigenvalue weighted by Crippen LogP contribution is -2.47. The van der Waals surface area contributed by atoms with Crippen molar-refractivity contribution in [1.29, 1.82) is 0 Å². The van der Waals surface area contributed by atoms with Crippen LogP contribution in [0.5, 0.6) is 0 Å². The van der Waals surface area contributed by atoms with Gasteiger partial charge in [0.1, 0.15) is 21.6 Å². The molecule has 0 aliphatic carbocycles. The van der Waals surface area contributed by atoms with Crippen molar-refractivity contribution in [1.82, 2.24) is 14.3 Å². The van der Waals surface area contributed by atoms with Gasteiger partial charge in [-0.2, -0.15) is 0 Å². The maximum absolute atomic E-state index is 13.9. The van der Waals surface area contributed by atoms with Gasteiger partial charge in [-0.1, -0.05) is 60.4 Å². The minimum absolute atomic E-state index is 0.225. The molecule has 7 nitrogen and oxygen atoms in total. The van der Waals surface area contributed by atoms with Crippen molar-refractivity contribution < 1.29 is 9.18 Å². The molecule has 41 heavy (non-hydrogen) atoms. The van der Waals surface area contributed by atoms with Crippen molar-refractivity contribution in [2.45, 2.75) is 19.9 Å². The van der Waals surface area contributed by atoms with Crippen LogP contribution in [0.15, 0.2) is 82.6 Å². The number of thiocarbonyl (C=S) groups is 1. The third kappa shape index (κ3) is 5.13. The van der Waals surface area contributed by atoms with E-state index in [1.165, 1.54) is 28.3 Å². The number of benzene rings is 2. The Morgan fingerprint density at radius 3 is 2.34 bits per heavy atom. The number of hydrogen-bond donors (Lipinski definition) is 0. The molecule has 208 valence electrons. The largest absolute Gasteiger partial charge is 0.368 e.